The first-order chi connectivity index (χ1) is 5.85. The van der Waals surface area contributed by atoms with Gasteiger partial charge in [0.1, 0.15) is 0 Å². The lowest BCUT2D eigenvalue weighted by molar-refractivity contribution is 0.116. The van der Waals surface area contributed by atoms with E-state index in [9.17, 15) is 0 Å². The molecule has 0 spiro atoms. The highest BCUT2D eigenvalue weighted by Gasteiger charge is 1.99. The number of hydrogen-bond acceptors (Lipinski definition) is 2. The average molecular weight is 169 g/mol. The van der Waals surface area contributed by atoms with Gasteiger partial charge in [-0.3, -0.25) is 0 Å². The van der Waals surface area contributed by atoms with E-state index in [2.05, 4.69) is 17.7 Å². The summed E-state index contributed by atoms with van der Waals surface area (Å²) in [7, 11) is 0. The van der Waals surface area contributed by atoms with E-state index in [4.69, 9.17) is 11.2 Å². The van der Waals surface area contributed by atoms with Crippen molar-refractivity contribution >= 4 is 0 Å². The van der Waals surface area contributed by atoms with Gasteiger partial charge in [0.2, 0.25) is 0 Å². The minimum Gasteiger partial charge on any atom is -0.380 e. The van der Waals surface area contributed by atoms with Crippen molar-refractivity contribution in [3.05, 3.63) is 0 Å². The lowest BCUT2D eigenvalue weighted by atomic mass is 10.4. The zero-order chi connectivity index (χ0) is 9.23. The summed E-state index contributed by atoms with van der Waals surface area (Å²) in [5.41, 5.74) is 0. The molecule has 0 aliphatic rings. The Bertz CT molecular complexity index is 128. The number of ether oxygens (including phenoxy) is 1. The maximum Gasteiger partial charge on any atom is 0.0593 e. The first-order valence-electron chi connectivity index (χ1n) is 4.58. The average Bonchev–Trinajstić information content (AvgIpc) is 2.11. The quantitative estimate of drug-likeness (QED) is 0.421. The standard InChI is InChI=1S/C10H19NO/c1-4-7-8-11(5-2)9-10-12-6-3/h1H,5-10H2,2-3H3. The highest BCUT2D eigenvalue weighted by atomic mass is 16.5. The molecule has 0 radical (unpaired) electrons. The Labute approximate surface area is 75.9 Å². The molecule has 12 heavy (non-hydrogen) atoms. The molecule has 0 saturated carbocycles. The third-order valence-corrected chi connectivity index (χ3v) is 1.78. The third-order valence-electron chi connectivity index (χ3n) is 1.78. The second kappa shape index (κ2) is 8.58. The minimum absolute atomic E-state index is 0.798. The van der Waals surface area contributed by atoms with Crippen molar-refractivity contribution in [2.45, 2.75) is 20.3 Å². The van der Waals surface area contributed by atoms with Gasteiger partial charge in [-0.25, -0.2) is 0 Å². The van der Waals surface area contributed by atoms with Crippen molar-refractivity contribution in [2.24, 2.45) is 0 Å². The number of nitrogens with zero attached hydrogens (tertiary/aromatic N) is 1. The summed E-state index contributed by atoms with van der Waals surface area (Å²) in [5, 5.41) is 0. The van der Waals surface area contributed by atoms with Crippen LogP contribution < -0.4 is 0 Å². The lowest BCUT2D eigenvalue weighted by Gasteiger charge is -2.18. The predicted octanol–water partition coefficient (Wildman–Crippen LogP) is 1.37. The molecule has 2 heteroatoms. The van der Waals surface area contributed by atoms with Crippen LogP contribution in [0.1, 0.15) is 20.3 Å². The summed E-state index contributed by atoms with van der Waals surface area (Å²) in [6.07, 6.45) is 6.01. The molecule has 0 unspecified atom stereocenters. The molecule has 0 aromatic rings. The van der Waals surface area contributed by atoms with Crippen molar-refractivity contribution < 1.29 is 4.74 Å². The topological polar surface area (TPSA) is 12.5 Å². The molecule has 0 fully saturated rings. The van der Waals surface area contributed by atoms with Crippen LogP contribution >= 0.6 is 0 Å². The van der Waals surface area contributed by atoms with E-state index < -0.39 is 0 Å². The van der Waals surface area contributed by atoms with E-state index in [0.717, 1.165) is 39.3 Å². The summed E-state index contributed by atoms with van der Waals surface area (Å²) in [6, 6.07) is 0. The second-order valence-electron chi connectivity index (χ2n) is 2.59. The molecule has 0 rings (SSSR count). The van der Waals surface area contributed by atoms with Crippen LogP contribution in [-0.4, -0.2) is 37.7 Å². The monoisotopic (exact) mass is 169 g/mol. The van der Waals surface area contributed by atoms with Gasteiger partial charge in [0.05, 0.1) is 6.61 Å². The largest absolute Gasteiger partial charge is 0.380 e. The zero-order valence-electron chi connectivity index (χ0n) is 8.18. The maximum absolute atomic E-state index is 5.25. The van der Waals surface area contributed by atoms with E-state index in [1.165, 1.54) is 0 Å². The van der Waals surface area contributed by atoms with Crippen LogP contribution in [-0.2, 0) is 4.74 Å². The molecular weight excluding hydrogens is 150 g/mol. The Morgan fingerprint density at radius 3 is 2.58 bits per heavy atom. The van der Waals surface area contributed by atoms with E-state index in [1.807, 2.05) is 6.92 Å². The van der Waals surface area contributed by atoms with Crippen LogP contribution in [0.15, 0.2) is 0 Å². The first kappa shape index (κ1) is 11.5. The molecule has 0 aromatic carbocycles. The molecule has 70 valence electrons. The van der Waals surface area contributed by atoms with Crippen molar-refractivity contribution in [3.63, 3.8) is 0 Å². The number of terminal acetylenes is 1. The molecule has 0 heterocycles. The summed E-state index contributed by atoms with van der Waals surface area (Å²) < 4.78 is 5.25. The van der Waals surface area contributed by atoms with Crippen LogP contribution in [0.4, 0.5) is 0 Å². The highest BCUT2D eigenvalue weighted by molar-refractivity contribution is 4.84. The van der Waals surface area contributed by atoms with Crippen molar-refractivity contribution in [3.8, 4) is 12.3 Å². The fraction of sp³-hybridized carbons (Fsp3) is 0.800. The predicted molar refractivity (Wildman–Crippen MR) is 52.1 cm³/mol. The van der Waals surface area contributed by atoms with Crippen molar-refractivity contribution in [2.75, 3.05) is 32.8 Å². The van der Waals surface area contributed by atoms with Gasteiger partial charge in [0, 0.05) is 26.1 Å². The maximum atomic E-state index is 5.25. The number of hydrogen-bond donors (Lipinski definition) is 0. The van der Waals surface area contributed by atoms with Crippen LogP contribution in [0.5, 0.6) is 0 Å². The Hall–Kier alpha value is -0.520. The number of likely N-dealkylation sites (N-methyl/N-ethyl adjacent to an activating group) is 1. The molecule has 0 N–H and O–H groups in total. The summed E-state index contributed by atoms with van der Waals surface area (Å²) in [4.78, 5) is 2.30. The van der Waals surface area contributed by atoms with Gasteiger partial charge in [0.15, 0.2) is 0 Å². The number of rotatable bonds is 7. The van der Waals surface area contributed by atoms with E-state index in [1.54, 1.807) is 0 Å². The molecule has 0 aliphatic carbocycles. The SMILES string of the molecule is C#CCCN(CC)CCOCC. The molecular formula is C10H19NO. The van der Waals surface area contributed by atoms with Gasteiger partial charge in [0.25, 0.3) is 0 Å². The summed E-state index contributed by atoms with van der Waals surface area (Å²) in [5.74, 6) is 2.64. The Kier molecular flexibility index (Phi) is 8.20. The van der Waals surface area contributed by atoms with Crippen molar-refractivity contribution in [1.82, 2.24) is 4.90 Å². The fourth-order valence-electron chi connectivity index (χ4n) is 0.989. The highest BCUT2D eigenvalue weighted by Crippen LogP contribution is 1.90. The zero-order valence-corrected chi connectivity index (χ0v) is 8.18. The Morgan fingerprint density at radius 1 is 1.33 bits per heavy atom. The van der Waals surface area contributed by atoms with Gasteiger partial charge in [-0.1, -0.05) is 6.92 Å². The first-order valence-corrected chi connectivity index (χ1v) is 4.58. The molecule has 0 bridgehead atoms. The van der Waals surface area contributed by atoms with Gasteiger partial charge < -0.3 is 9.64 Å². The molecule has 0 saturated heterocycles. The lowest BCUT2D eigenvalue weighted by Crippen LogP contribution is -2.28. The van der Waals surface area contributed by atoms with E-state index in [-0.39, 0.29) is 0 Å². The molecule has 2 nitrogen and oxygen atoms in total. The molecule has 0 amide bonds. The van der Waals surface area contributed by atoms with E-state index >= 15 is 0 Å². The third kappa shape index (κ3) is 6.21. The van der Waals surface area contributed by atoms with Crippen LogP contribution in [0.3, 0.4) is 0 Å². The Morgan fingerprint density at radius 2 is 2.08 bits per heavy atom. The minimum atomic E-state index is 0.798. The van der Waals surface area contributed by atoms with Gasteiger partial charge in [-0.05, 0) is 13.5 Å². The molecule has 0 aromatic heterocycles. The molecule has 0 aliphatic heterocycles. The Balaban J connectivity index is 3.34. The van der Waals surface area contributed by atoms with Crippen LogP contribution in [0.2, 0.25) is 0 Å². The van der Waals surface area contributed by atoms with Gasteiger partial charge in [-0.15, -0.1) is 12.3 Å². The van der Waals surface area contributed by atoms with Crippen LogP contribution in [0, 0.1) is 12.3 Å². The summed E-state index contributed by atoms with van der Waals surface area (Å²) in [6.45, 7) is 8.79. The van der Waals surface area contributed by atoms with Gasteiger partial charge in [-0.2, -0.15) is 0 Å². The molecule has 0 atom stereocenters. The van der Waals surface area contributed by atoms with Crippen molar-refractivity contribution in [1.29, 1.82) is 0 Å². The fourth-order valence-corrected chi connectivity index (χ4v) is 0.989. The summed E-state index contributed by atoms with van der Waals surface area (Å²) >= 11 is 0. The smallest absolute Gasteiger partial charge is 0.0593 e. The van der Waals surface area contributed by atoms with Crippen LogP contribution in [0.25, 0.3) is 0 Å². The normalized spacial score (nSPS) is 10.2. The van der Waals surface area contributed by atoms with Gasteiger partial charge >= 0.3 is 0 Å². The second-order valence-corrected chi connectivity index (χ2v) is 2.59. The van der Waals surface area contributed by atoms with E-state index in [0.29, 0.717) is 0 Å².